The molecule has 0 aromatic heterocycles. The molecule has 21 heavy (non-hydrogen) atoms. The molecule has 2 aromatic carbocycles. The van der Waals surface area contributed by atoms with Crippen molar-refractivity contribution in [3.05, 3.63) is 58.1 Å². The Kier molecular flexibility index (Phi) is 4.53. The molecule has 0 unspecified atom stereocenters. The van der Waals surface area contributed by atoms with Crippen LogP contribution in [0.5, 0.6) is 0 Å². The highest BCUT2D eigenvalue weighted by atomic mass is 35.5. The molecule has 0 aliphatic rings. The topological polar surface area (TPSA) is 89.3 Å². The van der Waals surface area contributed by atoms with Gasteiger partial charge in [0.05, 0.1) is 15.6 Å². The van der Waals surface area contributed by atoms with E-state index in [-0.39, 0.29) is 15.6 Å². The van der Waals surface area contributed by atoms with Crippen molar-refractivity contribution < 1.29 is 13.2 Å². The van der Waals surface area contributed by atoms with Crippen molar-refractivity contribution in [2.75, 3.05) is 5.32 Å². The van der Waals surface area contributed by atoms with Crippen molar-refractivity contribution in [3.8, 4) is 0 Å². The van der Waals surface area contributed by atoms with Crippen LogP contribution in [0.3, 0.4) is 0 Å². The van der Waals surface area contributed by atoms with Crippen LogP contribution in [0.25, 0.3) is 0 Å². The molecule has 0 aliphatic carbocycles. The van der Waals surface area contributed by atoms with Gasteiger partial charge in [0.25, 0.3) is 5.91 Å². The van der Waals surface area contributed by atoms with Crippen LogP contribution in [0.4, 0.5) is 5.69 Å². The van der Waals surface area contributed by atoms with E-state index in [0.29, 0.717) is 10.6 Å². The average Bonchev–Trinajstić information content (AvgIpc) is 2.40. The number of sulfonamides is 1. The largest absolute Gasteiger partial charge is 0.321 e. The first-order chi connectivity index (χ1) is 9.77. The molecular formula is C13H10Cl2N2O3S. The molecule has 110 valence electrons. The summed E-state index contributed by atoms with van der Waals surface area (Å²) in [6.45, 7) is 0. The Hall–Kier alpha value is -1.60. The minimum atomic E-state index is -3.88. The first kappa shape index (κ1) is 15.8. The third kappa shape index (κ3) is 3.95. The number of benzene rings is 2. The lowest BCUT2D eigenvalue weighted by Crippen LogP contribution is -2.15. The highest BCUT2D eigenvalue weighted by Gasteiger charge is 2.13. The first-order valence-electron chi connectivity index (χ1n) is 5.66. The van der Waals surface area contributed by atoms with E-state index >= 15 is 0 Å². The van der Waals surface area contributed by atoms with E-state index in [1.165, 1.54) is 24.3 Å². The lowest BCUT2D eigenvalue weighted by atomic mass is 10.2. The second-order valence-electron chi connectivity index (χ2n) is 4.15. The number of hydrogen-bond donors (Lipinski definition) is 2. The molecule has 0 spiro atoms. The maximum absolute atomic E-state index is 12.1. The monoisotopic (exact) mass is 344 g/mol. The predicted octanol–water partition coefficient (Wildman–Crippen LogP) is 2.89. The number of carbonyl (C=O) groups excluding carboxylic acids is 1. The smallest absolute Gasteiger partial charge is 0.255 e. The average molecular weight is 345 g/mol. The van der Waals surface area contributed by atoms with Gasteiger partial charge in [-0.3, -0.25) is 4.79 Å². The van der Waals surface area contributed by atoms with Crippen molar-refractivity contribution in [1.29, 1.82) is 0 Å². The van der Waals surface area contributed by atoms with Gasteiger partial charge in [0.1, 0.15) is 0 Å². The number of amides is 1. The first-order valence-corrected chi connectivity index (χ1v) is 7.97. The van der Waals surface area contributed by atoms with Crippen LogP contribution in [-0.4, -0.2) is 14.3 Å². The van der Waals surface area contributed by atoms with Crippen molar-refractivity contribution in [2.45, 2.75) is 4.90 Å². The van der Waals surface area contributed by atoms with Crippen LogP contribution in [0.2, 0.25) is 10.0 Å². The summed E-state index contributed by atoms with van der Waals surface area (Å²) in [4.78, 5) is 11.9. The lowest BCUT2D eigenvalue weighted by molar-refractivity contribution is 0.102. The van der Waals surface area contributed by atoms with Crippen molar-refractivity contribution in [1.82, 2.24) is 0 Å². The molecule has 2 aromatic rings. The molecule has 0 heterocycles. The summed E-state index contributed by atoms with van der Waals surface area (Å²) in [5.74, 6) is -0.467. The number of primary sulfonamides is 1. The molecule has 0 fully saturated rings. The van der Waals surface area contributed by atoms with Crippen LogP contribution in [0.15, 0.2) is 47.4 Å². The Morgan fingerprint density at radius 3 is 2.43 bits per heavy atom. The molecule has 5 nitrogen and oxygen atoms in total. The fourth-order valence-corrected chi connectivity index (χ4v) is 2.50. The Labute approximate surface area is 131 Å². The second kappa shape index (κ2) is 6.03. The molecule has 0 bridgehead atoms. The highest BCUT2D eigenvalue weighted by Crippen LogP contribution is 2.25. The van der Waals surface area contributed by atoms with Gasteiger partial charge in [-0.2, -0.15) is 0 Å². The molecule has 3 N–H and O–H groups in total. The van der Waals surface area contributed by atoms with Gasteiger partial charge in [0.2, 0.25) is 10.0 Å². The maximum Gasteiger partial charge on any atom is 0.255 e. The number of hydrogen-bond acceptors (Lipinski definition) is 3. The van der Waals surface area contributed by atoms with Crippen molar-refractivity contribution in [3.63, 3.8) is 0 Å². The van der Waals surface area contributed by atoms with Crippen LogP contribution >= 0.6 is 23.2 Å². The third-order valence-electron chi connectivity index (χ3n) is 2.60. The van der Waals surface area contributed by atoms with Gasteiger partial charge in [-0.1, -0.05) is 29.3 Å². The van der Waals surface area contributed by atoms with Gasteiger partial charge in [0.15, 0.2) is 0 Å². The summed E-state index contributed by atoms with van der Waals surface area (Å²) in [5.41, 5.74) is 0.466. The zero-order chi connectivity index (χ0) is 15.6. The van der Waals surface area contributed by atoms with E-state index in [2.05, 4.69) is 5.32 Å². The normalized spacial score (nSPS) is 11.2. The molecule has 0 saturated carbocycles. The van der Waals surface area contributed by atoms with Crippen LogP contribution in [0, 0.1) is 0 Å². The zero-order valence-electron chi connectivity index (χ0n) is 10.5. The van der Waals surface area contributed by atoms with Crippen LogP contribution in [0.1, 0.15) is 10.4 Å². The minimum absolute atomic E-state index is 0.145. The number of carbonyl (C=O) groups is 1. The van der Waals surface area contributed by atoms with E-state index in [4.69, 9.17) is 28.3 Å². The standard InChI is InChI=1S/C13H10Cl2N2O3S/c14-9-3-1-2-8(6-9)13(18)17-12-7-10(21(16,19)20)4-5-11(12)15/h1-7H,(H,17,18)(H2,16,19,20). The quantitative estimate of drug-likeness (QED) is 0.896. The fourth-order valence-electron chi connectivity index (χ4n) is 1.60. The molecule has 0 radical (unpaired) electrons. The van der Waals surface area contributed by atoms with Gasteiger partial charge in [-0.25, -0.2) is 13.6 Å². The third-order valence-corrected chi connectivity index (χ3v) is 4.08. The summed E-state index contributed by atoms with van der Waals surface area (Å²) in [5, 5.41) is 8.15. The maximum atomic E-state index is 12.1. The summed E-state index contributed by atoms with van der Waals surface area (Å²) in [6.07, 6.45) is 0. The van der Waals surface area contributed by atoms with Gasteiger partial charge in [0, 0.05) is 10.6 Å². The van der Waals surface area contributed by atoms with E-state index < -0.39 is 15.9 Å². The van der Waals surface area contributed by atoms with Gasteiger partial charge >= 0.3 is 0 Å². The van der Waals surface area contributed by atoms with Gasteiger partial charge in [-0.15, -0.1) is 0 Å². The van der Waals surface area contributed by atoms with Crippen molar-refractivity contribution >= 4 is 44.8 Å². The number of nitrogens with one attached hydrogen (secondary N) is 1. The predicted molar refractivity (Wildman–Crippen MR) is 82.2 cm³/mol. The van der Waals surface area contributed by atoms with E-state index in [1.807, 2.05) is 0 Å². The summed E-state index contributed by atoms with van der Waals surface area (Å²) >= 11 is 11.7. The number of rotatable bonds is 3. The molecule has 0 atom stereocenters. The second-order valence-corrected chi connectivity index (χ2v) is 6.56. The van der Waals surface area contributed by atoms with Crippen LogP contribution in [-0.2, 0) is 10.0 Å². The molecule has 0 saturated heterocycles. The summed E-state index contributed by atoms with van der Waals surface area (Å²) < 4.78 is 22.6. The van der Waals surface area contributed by atoms with E-state index in [1.54, 1.807) is 18.2 Å². The lowest BCUT2D eigenvalue weighted by Gasteiger charge is -2.09. The highest BCUT2D eigenvalue weighted by molar-refractivity contribution is 7.89. The van der Waals surface area contributed by atoms with Gasteiger partial charge in [-0.05, 0) is 36.4 Å². The SMILES string of the molecule is NS(=O)(=O)c1ccc(Cl)c(NC(=O)c2cccc(Cl)c2)c1. The van der Waals surface area contributed by atoms with E-state index in [9.17, 15) is 13.2 Å². The Bertz CT molecular complexity index is 807. The molecule has 0 aliphatic heterocycles. The van der Waals surface area contributed by atoms with Crippen molar-refractivity contribution in [2.24, 2.45) is 5.14 Å². The zero-order valence-corrected chi connectivity index (χ0v) is 12.8. The minimum Gasteiger partial charge on any atom is -0.321 e. The Morgan fingerprint density at radius 1 is 1.10 bits per heavy atom. The Balaban J connectivity index is 2.33. The molecule has 2 rings (SSSR count). The number of halogens is 2. The summed E-state index contributed by atoms with van der Waals surface area (Å²) in [7, 11) is -3.88. The number of nitrogens with two attached hydrogens (primary N) is 1. The molecular weight excluding hydrogens is 335 g/mol. The molecule has 1 amide bonds. The number of anilines is 1. The summed E-state index contributed by atoms with van der Waals surface area (Å²) in [6, 6.07) is 10.1. The van der Waals surface area contributed by atoms with E-state index in [0.717, 1.165) is 0 Å². The Morgan fingerprint density at radius 2 is 1.81 bits per heavy atom. The fraction of sp³-hybridized carbons (Fsp3) is 0. The van der Waals surface area contributed by atoms with Crippen LogP contribution < -0.4 is 10.5 Å². The molecule has 8 heteroatoms. The van der Waals surface area contributed by atoms with Gasteiger partial charge < -0.3 is 5.32 Å².